The van der Waals surface area contributed by atoms with Crippen LogP contribution in [0.15, 0.2) is 0 Å². The summed E-state index contributed by atoms with van der Waals surface area (Å²) in [6.07, 6.45) is 0. The van der Waals surface area contributed by atoms with Crippen LogP contribution in [-0.2, 0) is 88.1 Å². The molecule has 210 valence electrons. The molecule has 0 aromatic carbocycles. The van der Waals surface area contributed by atoms with Crippen LogP contribution in [0, 0.1) is 0 Å². The number of nitrogens with one attached hydrogen (secondary N) is 3. The van der Waals surface area contributed by atoms with E-state index in [9.17, 15) is 50.5 Å². The molecule has 0 radical (unpaired) electrons. The summed E-state index contributed by atoms with van der Waals surface area (Å²) in [5, 5.41) is 0. The van der Waals surface area contributed by atoms with E-state index >= 15 is 0 Å². The van der Waals surface area contributed by atoms with Crippen molar-refractivity contribution in [3.05, 3.63) is 0 Å². The van der Waals surface area contributed by atoms with E-state index in [1.54, 1.807) is 0 Å². The maximum absolute atomic E-state index is 9.63. The van der Waals surface area contributed by atoms with E-state index in [0.717, 1.165) is 16.9 Å². The minimum atomic E-state index is -4.86. The minimum absolute atomic E-state index is 0. The first-order valence-corrected chi connectivity index (χ1v) is 13.5. The Kier molecular flexibility index (Phi) is 34.3. The standard InChI is InChI=1S/3K.3H3NO8S2.3H/c;;;3*2-10(3,4)8-1-9-11(5,6)7;;;/h;;;3*1H,(H,2,3,4)(H,5,6,7);;;. The molecule has 0 aliphatic rings. The number of hydrogen-bond acceptors (Lipinski definition) is 21. The van der Waals surface area contributed by atoms with Gasteiger partial charge in [-0.15, -0.1) is 25.7 Å². The van der Waals surface area contributed by atoms with Gasteiger partial charge >= 0.3 is 217 Å². The molecule has 0 aromatic heterocycles. The molecule has 36 heteroatoms. The summed E-state index contributed by atoms with van der Waals surface area (Å²) in [7, 11) is -29.1. The summed E-state index contributed by atoms with van der Waals surface area (Å²) < 4.78 is 181. The van der Waals surface area contributed by atoms with Gasteiger partial charge in [-0.2, -0.15) is 50.5 Å². The third-order valence-electron chi connectivity index (χ3n) is 0.836. The fourth-order valence-corrected chi connectivity index (χ4v) is 1.15. The monoisotopic (exact) mass is 747 g/mol. The SMILES string of the molecule is O=S(=O)(O)ONOS(=O)(=O)O.O=S(=O)(O)ONOS(=O)(=O)O.O=S(=O)(O)ONOS(=O)(=O)O.[KH].[KH].[KH]. The fraction of sp³-hybridized carbons (Fsp3) is 0. The molecule has 0 heterocycles. The van der Waals surface area contributed by atoms with Gasteiger partial charge in [0.05, 0.1) is 0 Å². The maximum atomic E-state index is 9.63. The van der Waals surface area contributed by atoms with Gasteiger partial charge in [0.2, 0.25) is 0 Å². The average Bonchev–Trinajstić information content (AvgIpc) is 2.39. The molecular formula is H12K3N3O24S6. The fourth-order valence-electron chi connectivity index (χ4n) is 0.300. The Morgan fingerprint density at radius 1 is 0.306 bits per heavy atom. The van der Waals surface area contributed by atoms with Crippen LogP contribution >= 0.6 is 0 Å². The summed E-state index contributed by atoms with van der Waals surface area (Å²) in [6, 6.07) is 0. The quantitative estimate of drug-likeness (QED) is 0.0508. The van der Waals surface area contributed by atoms with Gasteiger partial charge in [-0.3, -0.25) is 27.3 Å². The Bertz CT molecular complexity index is 955. The normalized spacial score (nSPS) is 12.2. The van der Waals surface area contributed by atoms with Gasteiger partial charge in [0.15, 0.2) is 0 Å². The Morgan fingerprint density at radius 2 is 0.389 bits per heavy atom. The van der Waals surface area contributed by atoms with E-state index in [-0.39, 0.29) is 154 Å². The van der Waals surface area contributed by atoms with Crippen LogP contribution in [0.4, 0.5) is 0 Å². The van der Waals surface area contributed by atoms with Crippen molar-refractivity contribution >= 4 is 217 Å². The molecular weight excluding hydrogens is 736 g/mol. The van der Waals surface area contributed by atoms with Crippen molar-refractivity contribution in [1.82, 2.24) is 16.9 Å². The van der Waals surface area contributed by atoms with Gasteiger partial charge in [-0.05, 0) is 16.9 Å². The van der Waals surface area contributed by atoms with E-state index in [4.69, 9.17) is 27.3 Å². The summed E-state index contributed by atoms with van der Waals surface area (Å²) >= 11 is 0. The van der Waals surface area contributed by atoms with Crippen molar-refractivity contribution in [3.63, 3.8) is 0 Å². The Labute approximate surface area is 329 Å². The zero-order chi connectivity index (χ0) is 27.4. The second-order valence-corrected chi connectivity index (χ2v) is 9.45. The van der Waals surface area contributed by atoms with Crippen LogP contribution < -0.4 is 16.9 Å². The average molecular weight is 748 g/mol. The van der Waals surface area contributed by atoms with Crippen LogP contribution in [0.3, 0.4) is 0 Å². The molecule has 0 saturated heterocycles. The Morgan fingerprint density at radius 3 is 0.444 bits per heavy atom. The molecule has 0 bridgehead atoms. The van der Waals surface area contributed by atoms with Crippen LogP contribution in [0.1, 0.15) is 0 Å². The molecule has 0 fully saturated rings. The number of hydrogen-bond donors (Lipinski definition) is 9. The van der Waals surface area contributed by atoms with E-state index in [1.165, 1.54) is 0 Å². The van der Waals surface area contributed by atoms with Crippen molar-refractivity contribution < 1.29 is 104 Å². The second-order valence-electron chi connectivity index (χ2n) is 3.32. The van der Waals surface area contributed by atoms with Gasteiger partial charge in [-0.1, -0.05) is 0 Å². The molecule has 36 heavy (non-hydrogen) atoms. The third-order valence-corrected chi connectivity index (χ3v) is 2.51. The zero-order valence-electron chi connectivity index (χ0n) is 14.0. The molecule has 27 nitrogen and oxygen atoms in total. The Balaban J connectivity index is -0.0000000900. The van der Waals surface area contributed by atoms with E-state index in [0.29, 0.717) is 0 Å². The first-order valence-electron chi connectivity index (χ1n) is 5.32. The molecule has 9 N–H and O–H groups in total. The molecule has 0 aliphatic carbocycles. The summed E-state index contributed by atoms with van der Waals surface area (Å²) in [5.74, 6) is 0. The van der Waals surface area contributed by atoms with Crippen LogP contribution in [0.2, 0.25) is 0 Å². The predicted molar refractivity (Wildman–Crippen MR) is 107 cm³/mol. The predicted octanol–water partition coefficient (Wildman–Crippen LogP) is -7.81. The first kappa shape index (κ1) is 52.6. The van der Waals surface area contributed by atoms with Crippen molar-refractivity contribution in [3.8, 4) is 0 Å². The summed E-state index contributed by atoms with van der Waals surface area (Å²) in [6.45, 7) is 0. The zero-order valence-corrected chi connectivity index (χ0v) is 18.9. The molecule has 0 amide bonds. The van der Waals surface area contributed by atoms with Gasteiger partial charge in [0, 0.05) is 0 Å². The van der Waals surface area contributed by atoms with E-state index in [2.05, 4.69) is 25.7 Å². The molecule has 0 rings (SSSR count). The molecule has 0 aliphatic heterocycles. The van der Waals surface area contributed by atoms with Gasteiger partial charge in [0.1, 0.15) is 0 Å². The number of rotatable bonds is 12. The second kappa shape index (κ2) is 23.5. The van der Waals surface area contributed by atoms with Crippen LogP contribution in [0.25, 0.3) is 0 Å². The van der Waals surface area contributed by atoms with Gasteiger partial charge < -0.3 is 0 Å². The van der Waals surface area contributed by atoms with E-state index in [1.807, 2.05) is 0 Å². The Hall–Kier alpha value is 4.01. The van der Waals surface area contributed by atoms with E-state index < -0.39 is 62.4 Å². The molecule has 0 unspecified atom stereocenters. The molecule has 0 atom stereocenters. The van der Waals surface area contributed by atoms with Crippen molar-refractivity contribution in [2.24, 2.45) is 0 Å². The van der Waals surface area contributed by atoms with Gasteiger partial charge in [-0.25, -0.2) is 0 Å². The third kappa shape index (κ3) is 66.4. The molecule has 0 aromatic rings. The van der Waals surface area contributed by atoms with Gasteiger partial charge in [0.25, 0.3) is 0 Å². The molecule has 0 spiro atoms. The van der Waals surface area contributed by atoms with Crippen molar-refractivity contribution in [1.29, 1.82) is 0 Å². The summed E-state index contributed by atoms with van der Waals surface area (Å²) in [4.78, 5) is 0. The first-order chi connectivity index (χ1) is 14.1. The van der Waals surface area contributed by atoms with Crippen LogP contribution in [-0.4, -0.2) is 232 Å². The topological polar surface area (TPSA) is 418 Å². The molecule has 0 saturated carbocycles. The van der Waals surface area contributed by atoms with Crippen molar-refractivity contribution in [2.75, 3.05) is 0 Å². The summed E-state index contributed by atoms with van der Waals surface area (Å²) in [5.41, 5.74) is 2.37. The van der Waals surface area contributed by atoms with Crippen LogP contribution in [0.5, 0.6) is 0 Å². The van der Waals surface area contributed by atoms with Crippen molar-refractivity contribution in [2.45, 2.75) is 0 Å².